The summed E-state index contributed by atoms with van der Waals surface area (Å²) in [6.07, 6.45) is 0. The number of hydrogen-bond acceptors (Lipinski definition) is 4. The molecule has 7 heteroatoms. The molecule has 0 amide bonds. The largest absolute Gasteiger partial charge is 0.395 e. The monoisotopic (exact) mass is 255 g/mol. The minimum absolute atomic E-state index is 0.155. The lowest BCUT2D eigenvalue weighted by Gasteiger charge is -2.09. The first-order valence-electron chi connectivity index (χ1n) is 3.84. The van der Waals surface area contributed by atoms with Gasteiger partial charge in [0.25, 0.3) is 0 Å². The second-order valence-corrected chi connectivity index (χ2v) is 6.42. The van der Waals surface area contributed by atoms with E-state index < -0.39 is 16.1 Å². The number of halogens is 1. The van der Waals surface area contributed by atoms with E-state index in [9.17, 15) is 8.42 Å². The van der Waals surface area contributed by atoms with E-state index >= 15 is 0 Å². The SMILES string of the molecule is C[C@H](CO)NS(=O)(=O)c1ccc(Cl)s1. The van der Waals surface area contributed by atoms with Crippen LogP contribution in [0.15, 0.2) is 16.3 Å². The number of sulfonamides is 1. The van der Waals surface area contributed by atoms with Crippen LogP contribution in [0, 0.1) is 0 Å². The number of rotatable bonds is 4. The predicted molar refractivity (Wildman–Crippen MR) is 56.2 cm³/mol. The van der Waals surface area contributed by atoms with Gasteiger partial charge >= 0.3 is 0 Å². The zero-order valence-electron chi connectivity index (χ0n) is 7.40. The summed E-state index contributed by atoms with van der Waals surface area (Å²) in [6, 6.07) is 2.45. The highest BCUT2D eigenvalue weighted by atomic mass is 35.5. The van der Waals surface area contributed by atoms with Crippen LogP contribution in [0.4, 0.5) is 0 Å². The van der Waals surface area contributed by atoms with Gasteiger partial charge in [-0.15, -0.1) is 11.3 Å². The third kappa shape index (κ3) is 2.93. The van der Waals surface area contributed by atoms with E-state index in [0.29, 0.717) is 4.34 Å². The Morgan fingerprint density at radius 1 is 1.64 bits per heavy atom. The lowest BCUT2D eigenvalue weighted by atomic mass is 10.4. The first-order chi connectivity index (χ1) is 6.45. The first kappa shape index (κ1) is 11.9. The minimum atomic E-state index is -3.53. The molecule has 1 aromatic rings. The molecule has 80 valence electrons. The van der Waals surface area contributed by atoms with Gasteiger partial charge in [0.2, 0.25) is 10.0 Å². The van der Waals surface area contributed by atoms with E-state index in [1.807, 2.05) is 0 Å². The van der Waals surface area contributed by atoms with Gasteiger partial charge in [-0.3, -0.25) is 0 Å². The Morgan fingerprint density at radius 2 is 2.29 bits per heavy atom. The molecule has 0 radical (unpaired) electrons. The second kappa shape index (κ2) is 4.59. The van der Waals surface area contributed by atoms with Crippen molar-refractivity contribution < 1.29 is 13.5 Å². The highest BCUT2D eigenvalue weighted by Gasteiger charge is 2.18. The molecule has 1 aromatic heterocycles. The molecule has 14 heavy (non-hydrogen) atoms. The van der Waals surface area contributed by atoms with Crippen molar-refractivity contribution in [1.82, 2.24) is 4.72 Å². The molecular weight excluding hydrogens is 246 g/mol. The molecule has 1 heterocycles. The van der Waals surface area contributed by atoms with Crippen molar-refractivity contribution in [2.75, 3.05) is 6.61 Å². The van der Waals surface area contributed by atoms with Crippen LogP contribution in [0.25, 0.3) is 0 Å². The number of thiophene rings is 1. The Hall–Kier alpha value is -0.140. The molecule has 0 fully saturated rings. The maximum Gasteiger partial charge on any atom is 0.250 e. The summed E-state index contributed by atoms with van der Waals surface area (Å²) in [5.41, 5.74) is 0. The number of aliphatic hydroxyl groups excluding tert-OH is 1. The molecular formula is C7H10ClNO3S2. The summed E-state index contributed by atoms with van der Waals surface area (Å²) < 4.78 is 26.0. The third-order valence-corrected chi connectivity index (χ3v) is 4.76. The average molecular weight is 256 g/mol. The maximum absolute atomic E-state index is 11.5. The molecule has 0 aliphatic heterocycles. The summed E-state index contributed by atoms with van der Waals surface area (Å²) in [5.74, 6) is 0. The van der Waals surface area contributed by atoms with Crippen LogP contribution in [0.1, 0.15) is 6.92 Å². The Morgan fingerprint density at radius 3 is 2.71 bits per heavy atom. The van der Waals surface area contributed by atoms with Crippen molar-refractivity contribution in [1.29, 1.82) is 0 Å². The van der Waals surface area contributed by atoms with E-state index in [1.165, 1.54) is 12.1 Å². The van der Waals surface area contributed by atoms with Crippen LogP contribution in [0.5, 0.6) is 0 Å². The number of hydrogen-bond donors (Lipinski definition) is 2. The summed E-state index contributed by atoms with van der Waals surface area (Å²) in [4.78, 5) is 0. The van der Waals surface area contributed by atoms with Crippen molar-refractivity contribution in [2.24, 2.45) is 0 Å². The predicted octanol–water partition coefficient (Wildman–Crippen LogP) is 1.06. The van der Waals surface area contributed by atoms with Gasteiger partial charge in [-0.1, -0.05) is 11.6 Å². The van der Waals surface area contributed by atoms with Gasteiger partial charge in [-0.05, 0) is 19.1 Å². The van der Waals surface area contributed by atoms with Gasteiger partial charge < -0.3 is 5.11 Å². The molecule has 1 rings (SSSR count). The molecule has 4 nitrogen and oxygen atoms in total. The third-order valence-electron chi connectivity index (χ3n) is 1.44. The smallest absolute Gasteiger partial charge is 0.250 e. The summed E-state index contributed by atoms with van der Waals surface area (Å²) in [5, 5.41) is 8.70. The van der Waals surface area contributed by atoms with E-state index in [1.54, 1.807) is 6.92 Å². The molecule has 0 saturated carbocycles. The van der Waals surface area contributed by atoms with E-state index in [2.05, 4.69) is 4.72 Å². The van der Waals surface area contributed by atoms with Crippen molar-refractivity contribution in [3.05, 3.63) is 16.5 Å². The van der Waals surface area contributed by atoms with E-state index in [-0.39, 0.29) is 10.8 Å². The molecule has 0 aliphatic carbocycles. The molecule has 1 atom stereocenters. The highest BCUT2D eigenvalue weighted by molar-refractivity contribution is 7.91. The fraction of sp³-hybridized carbons (Fsp3) is 0.429. The summed E-state index contributed by atoms with van der Waals surface area (Å²) in [7, 11) is -3.53. The van der Waals surface area contributed by atoms with Crippen molar-refractivity contribution in [3.8, 4) is 0 Å². The molecule has 0 aliphatic rings. The van der Waals surface area contributed by atoms with Crippen LogP contribution in [-0.2, 0) is 10.0 Å². The fourth-order valence-corrected chi connectivity index (χ4v) is 3.54. The number of aliphatic hydroxyl groups is 1. The Labute approximate surface area is 91.6 Å². The van der Waals surface area contributed by atoms with E-state index in [4.69, 9.17) is 16.7 Å². The van der Waals surface area contributed by atoms with Gasteiger partial charge in [0.1, 0.15) is 4.21 Å². The Bertz CT molecular complexity index is 401. The Balaban J connectivity index is 2.86. The van der Waals surface area contributed by atoms with Gasteiger partial charge in [0.15, 0.2) is 0 Å². The van der Waals surface area contributed by atoms with Gasteiger partial charge in [-0.25, -0.2) is 13.1 Å². The maximum atomic E-state index is 11.5. The summed E-state index contributed by atoms with van der Waals surface area (Å²) in [6.45, 7) is 1.34. The quantitative estimate of drug-likeness (QED) is 0.846. The van der Waals surface area contributed by atoms with Crippen LogP contribution < -0.4 is 4.72 Å². The summed E-state index contributed by atoms with van der Waals surface area (Å²) >= 11 is 6.59. The van der Waals surface area contributed by atoms with Crippen LogP contribution in [-0.4, -0.2) is 26.2 Å². The lowest BCUT2D eigenvalue weighted by Crippen LogP contribution is -2.34. The molecule has 0 saturated heterocycles. The molecule has 0 aromatic carbocycles. The fourth-order valence-electron chi connectivity index (χ4n) is 0.802. The zero-order chi connectivity index (χ0) is 10.8. The normalized spacial score (nSPS) is 14.2. The van der Waals surface area contributed by atoms with Crippen molar-refractivity contribution in [2.45, 2.75) is 17.2 Å². The number of nitrogens with one attached hydrogen (secondary N) is 1. The van der Waals surface area contributed by atoms with Crippen molar-refractivity contribution >= 4 is 33.0 Å². The van der Waals surface area contributed by atoms with Gasteiger partial charge in [-0.2, -0.15) is 0 Å². The van der Waals surface area contributed by atoms with Crippen LogP contribution in [0.3, 0.4) is 0 Å². The average Bonchev–Trinajstić information content (AvgIpc) is 2.51. The molecule has 0 spiro atoms. The second-order valence-electron chi connectivity index (χ2n) is 2.76. The van der Waals surface area contributed by atoms with E-state index in [0.717, 1.165) is 11.3 Å². The molecule has 2 N–H and O–H groups in total. The zero-order valence-corrected chi connectivity index (χ0v) is 9.79. The van der Waals surface area contributed by atoms with Gasteiger partial charge in [0.05, 0.1) is 10.9 Å². The molecule has 0 bridgehead atoms. The highest BCUT2D eigenvalue weighted by Crippen LogP contribution is 2.25. The first-order valence-corrected chi connectivity index (χ1v) is 6.52. The minimum Gasteiger partial charge on any atom is -0.395 e. The van der Waals surface area contributed by atoms with Crippen molar-refractivity contribution in [3.63, 3.8) is 0 Å². The lowest BCUT2D eigenvalue weighted by molar-refractivity contribution is 0.265. The van der Waals surface area contributed by atoms with Crippen LogP contribution in [0.2, 0.25) is 4.34 Å². The molecule has 0 unspecified atom stereocenters. The van der Waals surface area contributed by atoms with Gasteiger partial charge in [0, 0.05) is 6.04 Å². The Kier molecular flexibility index (Phi) is 3.91. The topological polar surface area (TPSA) is 66.4 Å². The standard InChI is InChI=1S/C7H10ClNO3S2/c1-5(4-10)9-14(11,12)7-3-2-6(8)13-7/h2-3,5,9-10H,4H2,1H3/t5-/m1/s1. The van der Waals surface area contributed by atoms with Crippen LogP contribution >= 0.6 is 22.9 Å².